The van der Waals surface area contributed by atoms with E-state index in [2.05, 4.69) is 10.4 Å². The highest BCUT2D eigenvalue weighted by Crippen LogP contribution is 2.32. The number of nitrogens with zero attached hydrogens (tertiary/aromatic N) is 1. The molecule has 1 aromatic heterocycles. The van der Waals surface area contributed by atoms with E-state index in [4.69, 9.17) is 33.8 Å². The normalized spacial score (nSPS) is 10.3. The molecule has 0 amide bonds. The first-order chi connectivity index (χ1) is 8.20. The van der Waals surface area contributed by atoms with E-state index in [9.17, 15) is 0 Å². The summed E-state index contributed by atoms with van der Waals surface area (Å²) in [5.74, 6) is 5.78. The van der Waals surface area contributed by atoms with Gasteiger partial charge in [-0.25, -0.2) is 10.8 Å². The molecule has 90 valence electrons. The summed E-state index contributed by atoms with van der Waals surface area (Å²) < 4.78 is 5.55. The van der Waals surface area contributed by atoms with Gasteiger partial charge in [0.2, 0.25) is 0 Å². The highest BCUT2D eigenvalue weighted by atomic mass is 35.5. The van der Waals surface area contributed by atoms with Crippen LogP contribution in [0.4, 0.5) is 5.13 Å². The molecule has 0 saturated heterocycles. The van der Waals surface area contributed by atoms with Crippen LogP contribution in [0.15, 0.2) is 24.4 Å². The number of nitrogen functional groups attached to an aromatic ring is 1. The number of hydrazine groups is 1. The molecule has 0 aliphatic rings. The van der Waals surface area contributed by atoms with Crippen molar-refractivity contribution >= 4 is 39.7 Å². The zero-order valence-corrected chi connectivity index (χ0v) is 10.9. The topological polar surface area (TPSA) is 60.2 Å². The maximum Gasteiger partial charge on any atom is 0.197 e. The molecule has 1 heterocycles. The predicted molar refractivity (Wildman–Crippen MR) is 70.7 cm³/mol. The molecule has 1 aromatic carbocycles. The standard InChI is InChI=1S/C10H9Cl2N3OS/c11-7-2-1-3-8(9(7)12)16-5-6-4-14-10(15-13)17-6/h1-4H,5,13H2,(H,14,15). The molecule has 2 aromatic rings. The minimum atomic E-state index is 0.374. The smallest absolute Gasteiger partial charge is 0.197 e. The Bertz CT molecular complexity index is 518. The van der Waals surface area contributed by atoms with Crippen LogP contribution in [-0.2, 0) is 6.61 Å². The van der Waals surface area contributed by atoms with Gasteiger partial charge in [-0.05, 0) is 12.1 Å². The molecule has 0 atom stereocenters. The number of thiazole rings is 1. The van der Waals surface area contributed by atoms with E-state index >= 15 is 0 Å². The van der Waals surface area contributed by atoms with Gasteiger partial charge in [0.05, 0.1) is 9.90 Å². The van der Waals surface area contributed by atoms with Crippen LogP contribution in [0.25, 0.3) is 0 Å². The lowest BCUT2D eigenvalue weighted by molar-refractivity contribution is 0.310. The Morgan fingerprint density at radius 3 is 2.94 bits per heavy atom. The molecule has 0 aliphatic heterocycles. The Labute approximate surface area is 112 Å². The summed E-state index contributed by atoms with van der Waals surface area (Å²) in [6.07, 6.45) is 1.69. The van der Waals surface area contributed by atoms with Crippen LogP contribution in [0.1, 0.15) is 4.88 Å². The zero-order valence-electron chi connectivity index (χ0n) is 8.61. The number of ether oxygens (including phenoxy) is 1. The number of hydrogen-bond donors (Lipinski definition) is 2. The summed E-state index contributed by atoms with van der Waals surface area (Å²) in [5, 5.41) is 1.52. The van der Waals surface area contributed by atoms with Crippen molar-refractivity contribution in [3.05, 3.63) is 39.3 Å². The van der Waals surface area contributed by atoms with Gasteiger partial charge in [0.1, 0.15) is 17.4 Å². The van der Waals surface area contributed by atoms with E-state index in [0.29, 0.717) is 27.5 Å². The molecule has 2 rings (SSSR count). The number of halogens is 2. The number of nitrogens with one attached hydrogen (secondary N) is 1. The molecule has 4 nitrogen and oxygen atoms in total. The summed E-state index contributed by atoms with van der Waals surface area (Å²) in [6, 6.07) is 5.25. The van der Waals surface area contributed by atoms with Gasteiger partial charge in [-0.3, -0.25) is 5.43 Å². The van der Waals surface area contributed by atoms with E-state index in [1.165, 1.54) is 11.3 Å². The van der Waals surface area contributed by atoms with Gasteiger partial charge >= 0.3 is 0 Å². The third kappa shape index (κ3) is 3.01. The molecular weight excluding hydrogens is 281 g/mol. The Kier molecular flexibility index (Phi) is 4.06. The quantitative estimate of drug-likeness (QED) is 0.670. The van der Waals surface area contributed by atoms with E-state index in [1.807, 2.05) is 0 Å². The Morgan fingerprint density at radius 1 is 1.41 bits per heavy atom. The van der Waals surface area contributed by atoms with Crippen LogP contribution in [0.5, 0.6) is 5.75 Å². The molecular formula is C10H9Cl2N3OS. The molecule has 3 N–H and O–H groups in total. The lowest BCUT2D eigenvalue weighted by Crippen LogP contribution is -2.05. The van der Waals surface area contributed by atoms with Crippen LogP contribution in [0, 0.1) is 0 Å². The van der Waals surface area contributed by atoms with Crippen molar-refractivity contribution in [2.24, 2.45) is 5.84 Å². The Balaban J connectivity index is 2.04. The molecule has 0 unspecified atom stereocenters. The fourth-order valence-corrected chi connectivity index (χ4v) is 2.17. The number of nitrogens with two attached hydrogens (primary N) is 1. The summed E-state index contributed by atoms with van der Waals surface area (Å²) in [4.78, 5) is 4.97. The fraction of sp³-hybridized carbons (Fsp3) is 0.100. The maximum atomic E-state index is 5.99. The van der Waals surface area contributed by atoms with Crippen molar-refractivity contribution in [2.45, 2.75) is 6.61 Å². The first-order valence-corrected chi connectivity index (χ1v) is 6.26. The number of hydrogen-bond acceptors (Lipinski definition) is 5. The molecule has 0 spiro atoms. The first-order valence-electron chi connectivity index (χ1n) is 4.69. The van der Waals surface area contributed by atoms with E-state index in [1.54, 1.807) is 24.4 Å². The zero-order chi connectivity index (χ0) is 12.3. The summed E-state index contributed by atoms with van der Waals surface area (Å²) in [7, 11) is 0. The minimum absolute atomic E-state index is 0.374. The summed E-state index contributed by atoms with van der Waals surface area (Å²) in [5.41, 5.74) is 2.47. The van der Waals surface area contributed by atoms with Crippen LogP contribution in [-0.4, -0.2) is 4.98 Å². The van der Waals surface area contributed by atoms with Crippen molar-refractivity contribution in [2.75, 3.05) is 5.43 Å². The molecule has 0 fully saturated rings. The molecule has 17 heavy (non-hydrogen) atoms. The third-order valence-corrected chi connectivity index (χ3v) is 3.67. The van der Waals surface area contributed by atoms with Gasteiger partial charge in [0.25, 0.3) is 0 Å². The average molecular weight is 290 g/mol. The molecule has 0 radical (unpaired) electrons. The Hall–Kier alpha value is -1.01. The van der Waals surface area contributed by atoms with Crippen molar-refractivity contribution < 1.29 is 4.74 Å². The predicted octanol–water partition coefficient (Wildman–Crippen LogP) is 3.31. The second-order valence-electron chi connectivity index (χ2n) is 3.12. The first kappa shape index (κ1) is 12.4. The van der Waals surface area contributed by atoms with Gasteiger partial charge in [-0.1, -0.05) is 40.6 Å². The van der Waals surface area contributed by atoms with Gasteiger partial charge in [-0.2, -0.15) is 0 Å². The van der Waals surface area contributed by atoms with Crippen LogP contribution >= 0.6 is 34.5 Å². The van der Waals surface area contributed by atoms with Crippen molar-refractivity contribution in [1.29, 1.82) is 0 Å². The van der Waals surface area contributed by atoms with Crippen molar-refractivity contribution in [3.8, 4) is 5.75 Å². The Morgan fingerprint density at radius 2 is 2.24 bits per heavy atom. The van der Waals surface area contributed by atoms with E-state index < -0.39 is 0 Å². The molecule has 0 bridgehead atoms. The summed E-state index contributed by atoms with van der Waals surface area (Å²) >= 11 is 13.3. The molecule has 0 aliphatic carbocycles. The number of aromatic nitrogens is 1. The lowest BCUT2D eigenvalue weighted by atomic mass is 10.3. The van der Waals surface area contributed by atoms with Crippen LogP contribution in [0.3, 0.4) is 0 Å². The minimum Gasteiger partial charge on any atom is -0.486 e. The maximum absolute atomic E-state index is 5.99. The summed E-state index contributed by atoms with van der Waals surface area (Å²) in [6.45, 7) is 0.374. The SMILES string of the molecule is NNc1ncc(COc2cccc(Cl)c2Cl)s1. The number of rotatable bonds is 4. The second-order valence-corrected chi connectivity index (χ2v) is 5.02. The average Bonchev–Trinajstić information content (AvgIpc) is 2.79. The van der Waals surface area contributed by atoms with Gasteiger partial charge in [-0.15, -0.1) is 0 Å². The van der Waals surface area contributed by atoms with E-state index in [0.717, 1.165) is 4.88 Å². The third-order valence-electron chi connectivity index (χ3n) is 1.96. The van der Waals surface area contributed by atoms with Crippen molar-refractivity contribution in [1.82, 2.24) is 4.98 Å². The van der Waals surface area contributed by atoms with Gasteiger partial charge < -0.3 is 4.74 Å². The van der Waals surface area contributed by atoms with Gasteiger partial charge in [0.15, 0.2) is 5.13 Å². The lowest BCUT2D eigenvalue weighted by Gasteiger charge is -2.06. The highest BCUT2D eigenvalue weighted by molar-refractivity contribution is 7.15. The largest absolute Gasteiger partial charge is 0.486 e. The number of anilines is 1. The van der Waals surface area contributed by atoms with Crippen LogP contribution in [0.2, 0.25) is 10.0 Å². The highest BCUT2D eigenvalue weighted by Gasteiger charge is 2.07. The van der Waals surface area contributed by atoms with Gasteiger partial charge in [0, 0.05) is 6.20 Å². The monoisotopic (exact) mass is 289 g/mol. The fourth-order valence-electron chi connectivity index (χ4n) is 1.19. The molecule has 7 heteroatoms. The molecule has 0 saturated carbocycles. The van der Waals surface area contributed by atoms with Crippen LogP contribution < -0.4 is 16.0 Å². The second kappa shape index (κ2) is 5.55. The van der Waals surface area contributed by atoms with E-state index in [-0.39, 0.29) is 0 Å². The number of benzene rings is 1. The van der Waals surface area contributed by atoms with Crippen molar-refractivity contribution in [3.63, 3.8) is 0 Å².